The van der Waals surface area contributed by atoms with Gasteiger partial charge < -0.3 is 9.47 Å². The lowest BCUT2D eigenvalue weighted by Gasteiger charge is -2.14. The van der Waals surface area contributed by atoms with E-state index in [-0.39, 0.29) is 45.5 Å². The standard InChI is InChI=1S/C19H18F5N3O2/c1-9(2)27-17-16(10(3)26-27)12(19(22,23)24)8-13(25-17)11-5-6-14(29-18(20)21)15(7-11)28-4/h5-9,18H,1-4H3. The number of halogens is 5. The molecular weight excluding hydrogens is 397 g/mol. The number of nitrogens with zero attached hydrogens (tertiary/aromatic N) is 3. The molecule has 0 N–H and O–H groups in total. The van der Waals surface area contributed by atoms with Gasteiger partial charge in [0.25, 0.3) is 0 Å². The number of fused-ring (bicyclic) bond motifs is 1. The molecule has 0 saturated heterocycles. The normalized spacial score (nSPS) is 12.2. The molecule has 0 fully saturated rings. The Morgan fingerprint density at radius 1 is 1.07 bits per heavy atom. The minimum absolute atomic E-state index is 0.00789. The maximum Gasteiger partial charge on any atom is 0.417 e. The molecule has 29 heavy (non-hydrogen) atoms. The third-order valence-electron chi connectivity index (χ3n) is 4.31. The summed E-state index contributed by atoms with van der Waals surface area (Å²) in [5.41, 5.74) is -0.292. The fraction of sp³-hybridized carbons (Fsp3) is 0.368. The van der Waals surface area contributed by atoms with E-state index in [0.717, 1.165) is 6.07 Å². The smallest absolute Gasteiger partial charge is 0.417 e. The summed E-state index contributed by atoms with van der Waals surface area (Å²) >= 11 is 0. The number of aryl methyl sites for hydroxylation is 1. The van der Waals surface area contributed by atoms with Crippen LogP contribution in [0.15, 0.2) is 24.3 Å². The van der Waals surface area contributed by atoms with Gasteiger partial charge in [-0.3, -0.25) is 0 Å². The van der Waals surface area contributed by atoms with Crippen LogP contribution >= 0.6 is 0 Å². The summed E-state index contributed by atoms with van der Waals surface area (Å²) in [5.74, 6) is -0.279. The van der Waals surface area contributed by atoms with E-state index in [1.165, 1.54) is 36.9 Å². The molecule has 0 amide bonds. The van der Waals surface area contributed by atoms with Gasteiger partial charge in [-0.2, -0.15) is 27.1 Å². The van der Waals surface area contributed by atoms with E-state index in [0.29, 0.717) is 0 Å². The van der Waals surface area contributed by atoms with Crippen LogP contribution < -0.4 is 9.47 Å². The lowest BCUT2D eigenvalue weighted by Crippen LogP contribution is -2.09. The number of hydrogen-bond acceptors (Lipinski definition) is 4. The predicted octanol–water partition coefficient (Wildman–Crippen LogP) is 5.62. The van der Waals surface area contributed by atoms with Gasteiger partial charge in [-0.1, -0.05) is 0 Å². The molecule has 2 heterocycles. The van der Waals surface area contributed by atoms with Crippen LogP contribution in [0.4, 0.5) is 22.0 Å². The van der Waals surface area contributed by atoms with Crippen LogP contribution in [0.2, 0.25) is 0 Å². The molecule has 0 radical (unpaired) electrons. The van der Waals surface area contributed by atoms with Crippen molar-refractivity contribution >= 4 is 11.0 Å². The number of methoxy groups -OCH3 is 1. The van der Waals surface area contributed by atoms with Crippen molar-refractivity contribution in [3.8, 4) is 22.8 Å². The van der Waals surface area contributed by atoms with E-state index < -0.39 is 18.4 Å². The van der Waals surface area contributed by atoms with E-state index >= 15 is 0 Å². The minimum atomic E-state index is -4.63. The summed E-state index contributed by atoms with van der Waals surface area (Å²) in [5, 5.41) is 4.14. The van der Waals surface area contributed by atoms with Crippen LogP contribution in [-0.4, -0.2) is 28.5 Å². The summed E-state index contributed by atoms with van der Waals surface area (Å²) in [4.78, 5) is 4.38. The van der Waals surface area contributed by atoms with Gasteiger partial charge in [0, 0.05) is 11.6 Å². The summed E-state index contributed by atoms with van der Waals surface area (Å²) in [6, 6.07) is 4.55. The zero-order valence-corrected chi connectivity index (χ0v) is 16.0. The van der Waals surface area contributed by atoms with Gasteiger partial charge in [0.15, 0.2) is 17.1 Å². The number of hydrogen-bond donors (Lipinski definition) is 0. The predicted molar refractivity (Wildman–Crippen MR) is 96.3 cm³/mol. The Bertz CT molecular complexity index is 1040. The number of alkyl halides is 5. The highest BCUT2D eigenvalue weighted by atomic mass is 19.4. The van der Waals surface area contributed by atoms with E-state index in [9.17, 15) is 22.0 Å². The summed E-state index contributed by atoms with van der Waals surface area (Å²) in [6.07, 6.45) is -4.63. The van der Waals surface area contributed by atoms with Gasteiger partial charge in [-0.15, -0.1) is 0 Å². The number of rotatable bonds is 5. The van der Waals surface area contributed by atoms with Crippen LogP contribution in [0.1, 0.15) is 31.1 Å². The highest BCUT2D eigenvalue weighted by Crippen LogP contribution is 2.40. The Balaban J connectivity index is 2.26. The highest BCUT2D eigenvalue weighted by molar-refractivity contribution is 5.86. The van der Waals surface area contributed by atoms with Crippen LogP contribution in [0.5, 0.6) is 11.5 Å². The molecule has 0 bridgehead atoms. The van der Waals surface area contributed by atoms with Crippen molar-refractivity contribution in [1.29, 1.82) is 0 Å². The van der Waals surface area contributed by atoms with E-state index in [1.807, 2.05) is 0 Å². The molecule has 0 atom stereocenters. The fourth-order valence-corrected chi connectivity index (χ4v) is 3.06. The Labute approximate surface area is 163 Å². The Morgan fingerprint density at radius 3 is 2.31 bits per heavy atom. The Morgan fingerprint density at radius 2 is 1.76 bits per heavy atom. The molecule has 3 aromatic rings. The third-order valence-corrected chi connectivity index (χ3v) is 4.31. The van der Waals surface area contributed by atoms with Gasteiger partial charge in [-0.25, -0.2) is 9.67 Å². The maximum atomic E-state index is 13.8. The topological polar surface area (TPSA) is 49.2 Å². The first-order valence-corrected chi connectivity index (χ1v) is 8.63. The molecule has 0 unspecified atom stereocenters. The van der Waals surface area contributed by atoms with Crippen molar-refractivity contribution in [2.45, 2.75) is 39.6 Å². The second-order valence-electron chi connectivity index (χ2n) is 6.62. The zero-order chi connectivity index (χ0) is 21.5. The molecule has 0 aliphatic carbocycles. The van der Waals surface area contributed by atoms with E-state index in [4.69, 9.17) is 4.74 Å². The first-order chi connectivity index (χ1) is 13.5. The molecular formula is C19H18F5N3O2. The van der Waals surface area contributed by atoms with Crippen molar-refractivity contribution in [3.63, 3.8) is 0 Å². The highest BCUT2D eigenvalue weighted by Gasteiger charge is 2.36. The average Bonchev–Trinajstić information content (AvgIpc) is 2.97. The third kappa shape index (κ3) is 3.96. The molecule has 10 heteroatoms. The largest absolute Gasteiger partial charge is 0.493 e. The Hall–Kier alpha value is -2.91. The second kappa shape index (κ2) is 7.49. The first kappa shape index (κ1) is 20.8. The monoisotopic (exact) mass is 415 g/mol. The molecule has 5 nitrogen and oxygen atoms in total. The van der Waals surface area contributed by atoms with Crippen LogP contribution in [-0.2, 0) is 6.18 Å². The summed E-state index contributed by atoms with van der Waals surface area (Å²) in [7, 11) is 1.24. The number of pyridine rings is 1. The Kier molecular flexibility index (Phi) is 5.38. The van der Waals surface area contributed by atoms with Gasteiger partial charge in [0.1, 0.15) is 0 Å². The van der Waals surface area contributed by atoms with Gasteiger partial charge in [0.05, 0.1) is 29.4 Å². The van der Waals surface area contributed by atoms with Crippen molar-refractivity contribution in [2.75, 3.05) is 7.11 Å². The number of ether oxygens (including phenoxy) is 2. The molecule has 0 saturated carbocycles. The molecule has 0 aliphatic rings. The van der Waals surface area contributed by atoms with Gasteiger partial charge >= 0.3 is 12.8 Å². The molecule has 156 valence electrons. The first-order valence-electron chi connectivity index (χ1n) is 8.63. The molecule has 3 rings (SSSR count). The lowest BCUT2D eigenvalue weighted by atomic mass is 10.0. The zero-order valence-electron chi connectivity index (χ0n) is 16.0. The van der Waals surface area contributed by atoms with Crippen LogP contribution in [0.25, 0.3) is 22.3 Å². The average molecular weight is 415 g/mol. The second-order valence-corrected chi connectivity index (χ2v) is 6.62. The van der Waals surface area contributed by atoms with Gasteiger partial charge in [0.2, 0.25) is 0 Å². The molecule has 1 aromatic carbocycles. The van der Waals surface area contributed by atoms with Crippen LogP contribution in [0.3, 0.4) is 0 Å². The minimum Gasteiger partial charge on any atom is -0.493 e. The van der Waals surface area contributed by atoms with E-state index in [1.54, 1.807) is 13.8 Å². The van der Waals surface area contributed by atoms with Crippen molar-refractivity contribution in [2.24, 2.45) is 0 Å². The van der Waals surface area contributed by atoms with Crippen molar-refractivity contribution < 1.29 is 31.4 Å². The fourth-order valence-electron chi connectivity index (χ4n) is 3.06. The molecule has 2 aromatic heterocycles. The quantitative estimate of drug-likeness (QED) is 0.508. The maximum absolute atomic E-state index is 13.8. The van der Waals surface area contributed by atoms with Crippen molar-refractivity contribution in [1.82, 2.24) is 14.8 Å². The summed E-state index contributed by atoms with van der Waals surface area (Å²) in [6.45, 7) is 2.00. The SMILES string of the molecule is COc1cc(-c2cc(C(F)(F)F)c3c(C)nn(C(C)C)c3n2)ccc1OC(F)F. The molecule has 0 aliphatic heterocycles. The molecule has 0 spiro atoms. The van der Waals surface area contributed by atoms with Gasteiger partial charge in [-0.05, 0) is 45.0 Å². The van der Waals surface area contributed by atoms with Crippen LogP contribution in [0, 0.1) is 6.92 Å². The summed E-state index contributed by atoms with van der Waals surface area (Å²) < 4.78 is 77.1. The number of aromatic nitrogens is 3. The number of benzene rings is 1. The van der Waals surface area contributed by atoms with Crippen molar-refractivity contribution in [3.05, 3.63) is 35.5 Å². The lowest BCUT2D eigenvalue weighted by molar-refractivity contribution is -0.136. The van der Waals surface area contributed by atoms with E-state index in [2.05, 4.69) is 14.8 Å².